The zero-order valence-corrected chi connectivity index (χ0v) is 10.9. The molecule has 0 aliphatic carbocycles. The average molecular weight is 267 g/mol. The van der Waals surface area contributed by atoms with Crippen molar-refractivity contribution in [3.05, 3.63) is 59.0 Å². The fraction of sp³-hybridized carbons (Fsp3) is 0.0625. The topological polar surface area (TPSA) is 65.5 Å². The first-order valence-corrected chi connectivity index (χ1v) is 6.15. The summed E-state index contributed by atoms with van der Waals surface area (Å²) in [6, 6.07) is 14.3. The van der Waals surface area contributed by atoms with Crippen molar-refractivity contribution in [3.8, 4) is 16.9 Å². The largest absolute Gasteiger partial charge is 0.497 e. The normalized spacial score (nSPS) is 10.7. The smallest absolute Gasteiger partial charge is 0.344 e. The Morgan fingerprint density at radius 3 is 2.50 bits per heavy atom. The summed E-state index contributed by atoms with van der Waals surface area (Å²) in [5.74, 6) is 0.742. The SMILES string of the molecule is COc1ccc(-c2cc3ccc(N)cc3oc2=O)cc1. The van der Waals surface area contributed by atoms with Crippen LogP contribution in [0.4, 0.5) is 5.69 Å². The molecule has 1 aromatic heterocycles. The van der Waals surface area contributed by atoms with Crippen LogP contribution in [0.25, 0.3) is 22.1 Å². The maximum atomic E-state index is 12.1. The van der Waals surface area contributed by atoms with Gasteiger partial charge in [0.2, 0.25) is 0 Å². The lowest BCUT2D eigenvalue weighted by atomic mass is 10.1. The molecule has 0 fully saturated rings. The Bertz CT molecular complexity index is 819. The Labute approximate surface area is 115 Å². The van der Waals surface area contributed by atoms with E-state index >= 15 is 0 Å². The third kappa shape index (κ3) is 2.12. The van der Waals surface area contributed by atoms with Gasteiger partial charge in [-0.25, -0.2) is 4.79 Å². The first-order valence-electron chi connectivity index (χ1n) is 6.15. The van der Waals surface area contributed by atoms with E-state index in [2.05, 4.69) is 0 Å². The van der Waals surface area contributed by atoms with Gasteiger partial charge in [0.25, 0.3) is 0 Å². The van der Waals surface area contributed by atoms with Crippen molar-refractivity contribution in [3.63, 3.8) is 0 Å². The summed E-state index contributed by atoms with van der Waals surface area (Å²) in [4.78, 5) is 12.1. The zero-order chi connectivity index (χ0) is 14.1. The van der Waals surface area contributed by atoms with Crippen LogP contribution in [-0.2, 0) is 0 Å². The fourth-order valence-electron chi connectivity index (χ4n) is 2.10. The van der Waals surface area contributed by atoms with Gasteiger partial charge in [0.1, 0.15) is 11.3 Å². The van der Waals surface area contributed by atoms with E-state index in [-0.39, 0.29) is 5.63 Å². The van der Waals surface area contributed by atoms with Gasteiger partial charge in [0.15, 0.2) is 0 Å². The molecule has 4 nitrogen and oxygen atoms in total. The van der Waals surface area contributed by atoms with Crippen molar-refractivity contribution >= 4 is 16.7 Å². The predicted molar refractivity (Wildman–Crippen MR) is 78.9 cm³/mol. The van der Waals surface area contributed by atoms with Gasteiger partial charge in [-0.1, -0.05) is 12.1 Å². The number of nitrogen functional groups attached to an aromatic ring is 1. The molecule has 100 valence electrons. The summed E-state index contributed by atoms with van der Waals surface area (Å²) in [5.41, 5.74) is 7.67. The number of methoxy groups -OCH3 is 1. The summed E-state index contributed by atoms with van der Waals surface area (Å²) in [7, 11) is 1.60. The number of hydrogen-bond acceptors (Lipinski definition) is 4. The average Bonchev–Trinajstić information content (AvgIpc) is 2.46. The molecule has 0 atom stereocenters. The Morgan fingerprint density at radius 2 is 1.80 bits per heavy atom. The maximum absolute atomic E-state index is 12.1. The number of rotatable bonds is 2. The van der Waals surface area contributed by atoms with Crippen LogP contribution in [0.3, 0.4) is 0 Å². The van der Waals surface area contributed by atoms with Crippen LogP contribution in [0.2, 0.25) is 0 Å². The van der Waals surface area contributed by atoms with E-state index in [1.807, 2.05) is 36.4 Å². The molecule has 20 heavy (non-hydrogen) atoms. The second-order valence-electron chi connectivity index (χ2n) is 4.47. The second-order valence-corrected chi connectivity index (χ2v) is 4.47. The van der Waals surface area contributed by atoms with Crippen molar-refractivity contribution in [1.82, 2.24) is 0 Å². The molecule has 3 rings (SSSR count). The quantitative estimate of drug-likeness (QED) is 0.572. The molecule has 0 spiro atoms. The van der Waals surface area contributed by atoms with Crippen LogP contribution < -0.4 is 16.1 Å². The third-order valence-electron chi connectivity index (χ3n) is 3.16. The molecule has 0 saturated carbocycles. The van der Waals surface area contributed by atoms with E-state index in [1.54, 1.807) is 19.2 Å². The summed E-state index contributed by atoms with van der Waals surface area (Å²) in [6.45, 7) is 0. The molecular weight excluding hydrogens is 254 g/mol. The monoisotopic (exact) mass is 267 g/mol. The van der Waals surface area contributed by atoms with Crippen molar-refractivity contribution in [1.29, 1.82) is 0 Å². The lowest BCUT2D eigenvalue weighted by Crippen LogP contribution is -2.02. The first-order chi connectivity index (χ1) is 9.67. The number of nitrogens with two attached hydrogens (primary N) is 1. The first kappa shape index (κ1) is 12.3. The number of fused-ring (bicyclic) bond motifs is 1. The van der Waals surface area contributed by atoms with Crippen LogP contribution in [0.15, 0.2) is 57.7 Å². The summed E-state index contributed by atoms with van der Waals surface area (Å²) >= 11 is 0. The molecule has 1 heterocycles. The molecule has 3 aromatic rings. The molecule has 2 aromatic carbocycles. The number of ether oxygens (including phenoxy) is 1. The van der Waals surface area contributed by atoms with Gasteiger partial charge in [0, 0.05) is 17.1 Å². The molecular formula is C16H13NO3. The van der Waals surface area contributed by atoms with Crippen LogP contribution >= 0.6 is 0 Å². The minimum atomic E-state index is -0.381. The van der Waals surface area contributed by atoms with Crippen LogP contribution in [-0.4, -0.2) is 7.11 Å². The van der Waals surface area contributed by atoms with Gasteiger partial charge >= 0.3 is 5.63 Å². The van der Waals surface area contributed by atoms with E-state index in [1.165, 1.54) is 0 Å². The molecule has 0 saturated heterocycles. The molecule has 0 aliphatic rings. The van der Waals surface area contributed by atoms with E-state index in [0.29, 0.717) is 16.8 Å². The molecule has 0 amide bonds. The minimum Gasteiger partial charge on any atom is -0.497 e. The van der Waals surface area contributed by atoms with E-state index in [9.17, 15) is 4.79 Å². The lowest BCUT2D eigenvalue weighted by molar-refractivity contribution is 0.415. The molecule has 4 heteroatoms. The van der Waals surface area contributed by atoms with E-state index < -0.39 is 0 Å². The van der Waals surface area contributed by atoms with Crippen LogP contribution in [0.1, 0.15) is 0 Å². The molecule has 0 aliphatic heterocycles. The second kappa shape index (κ2) is 4.74. The summed E-state index contributed by atoms with van der Waals surface area (Å²) in [5, 5.41) is 0.838. The van der Waals surface area contributed by atoms with Crippen molar-refractivity contribution in [2.75, 3.05) is 12.8 Å². The van der Waals surface area contributed by atoms with Gasteiger partial charge < -0.3 is 14.9 Å². The highest BCUT2D eigenvalue weighted by Gasteiger charge is 2.08. The van der Waals surface area contributed by atoms with E-state index in [0.717, 1.165) is 16.7 Å². The third-order valence-corrected chi connectivity index (χ3v) is 3.16. The van der Waals surface area contributed by atoms with Crippen molar-refractivity contribution in [2.45, 2.75) is 0 Å². The molecule has 0 unspecified atom stereocenters. The Balaban J connectivity index is 2.17. The van der Waals surface area contributed by atoms with Gasteiger partial charge in [0.05, 0.1) is 12.7 Å². The van der Waals surface area contributed by atoms with E-state index in [4.69, 9.17) is 14.9 Å². The van der Waals surface area contributed by atoms with Crippen molar-refractivity contribution < 1.29 is 9.15 Å². The molecule has 2 N–H and O–H groups in total. The van der Waals surface area contributed by atoms with Crippen LogP contribution in [0, 0.1) is 0 Å². The number of hydrogen-bond donors (Lipinski definition) is 1. The summed E-state index contributed by atoms with van der Waals surface area (Å²) in [6.07, 6.45) is 0. The zero-order valence-electron chi connectivity index (χ0n) is 10.9. The number of anilines is 1. The summed E-state index contributed by atoms with van der Waals surface area (Å²) < 4.78 is 10.4. The Morgan fingerprint density at radius 1 is 1.05 bits per heavy atom. The molecule has 0 bridgehead atoms. The number of benzene rings is 2. The Kier molecular flexibility index (Phi) is 2.91. The highest BCUT2D eigenvalue weighted by atomic mass is 16.5. The van der Waals surface area contributed by atoms with Gasteiger partial charge in [-0.15, -0.1) is 0 Å². The maximum Gasteiger partial charge on any atom is 0.344 e. The highest BCUT2D eigenvalue weighted by Crippen LogP contribution is 2.24. The van der Waals surface area contributed by atoms with Crippen LogP contribution in [0.5, 0.6) is 5.75 Å². The van der Waals surface area contributed by atoms with Crippen molar-refractivity contribution in [2.24, 2.45) is 0 Å². The minimum absolute atomic E-state index is 0.381. The fourth-order valence-corrected chi connectivity index (χ4v) is 2.10. The van der Waals surface area contributed by atoms with Gasteiger partial charge in [-0.2, -0.15) is 0 Å². The van der Waals surface area contributed by atoms with Gasteiger partial charge in [-0.05, 0) is 35.9 Å². The Hall–Kier alpha value is -2.75. The lowest BCUT2D eigenvalue weighted by Gasteiger charge is -2.04. The highest BCUT2D eigenvalue weighted by molar-refractivity contribution is 5.84. The standard InChI is InChI=1S/C16H13NO3/c1-19-13-6-3-10(4-7-13)14-8-11-2-5-12(17)9-15(11)20-16(14)18/h2-9H,17H2,1H3. The van der Waals surface area contributed by atoms with Gasteiger partial charge in [-0.3, -0.25) is 0 Å². The predicted octanol–water partition coefficient (Wildman–Crippen LogP) is 3.05. The molecule has 0 radical (unpaired) electrons.